The number of aromatic nitrogens is 1. The Labute approximate surface area is 147 Å². The van der Waals surface area contributed by atoms with E-state index >= 15 is 0 Å². The zero-order chi connectivity index (χ0) is 16.9. The maximum absolute atomic E-state index is 12.8. The molecule has 1 fully saturated rings. The molecule has 128 valence electrons. The lowest BCUT2D eigenvalue weighted by atomic mass is 10.2. The highest BCUT2D eigenvalue weighted by atomic mass is 32.1. The maximum atomic E-state index is 12.8. The van der Waals surface area contributed by atoms with Gasteiger partial charge >= 0.3 is 0 Å². The molecule has 0 radical (unpaired) electrons. The number of nitrogens with one attached hydrogen (secondary N) is 1. The predicted octanol–water partition coefficient (Wildman–Crippen LogP) is 2.92. The van der Waals surface area contributed by atoms with Gasteiger partial charge in [0.05, 0.1) is 0 Å². The minimum atomic E-state index is 0.0433. The minimum absolute atomic E-state index is 0.0433. The van der Waals surface area contributed by atoms with Gasteiger partial charge in [-0.05, 0) is 18.9 Å². The van der Waals surface area contributed by atoms with Crippen molar-refractivity contribution in [1.29, 1.82) is 0 Å². The largest absolute Gasteiger partial charge is 0.365 e. The van der Waals surface area contributed by atoms with Gasteiger partial charge in [-0.25, -0.2) is 4.98 Å². The van der Waals surface area contributed by atoms with Gasteiger partial charge in [0.15, 0.2) is 5.13 Å². The fraction of sp³-hybridized carbons (Fsp3) is 0.444. The number of benzene rings is 1. The van der Waals surface area contributed by atoms with E-state index in [1.165, 1.54) is 16.9 Å². The zero-order valence-corrected chi connectivity index (χ0v) is 15.1. The summed E-state index contributed by atoms with van der Waals surface area (Å²) in [5.41, 5.74) is 1.87. The summed E-state index contributed by atoms with van der Waals surface area (Å²) in [5.74, 6) is 0.0433. The summed E-state index contributed by atoms with van der Waals surface area (Å²) in [6.07, 6.45) is 0.992. The molecule has 2 heterocycles. The maximum Gasteiger partial charge on any atom is 0.273 e. The van der Waals surface area contributed by atoms with Crippen molar-refractivity contribution >= 4 is 22.4 Å². The van der Waals surface area contributed by atoms with Crippen LogP contribution in [0.1, 0.15) is 29.4 Å². The Hall–Kier alpha value is -1.92. The normalized spacial score (nSPS) is 19.1. The van der Waals surface area contributed by atoms with Crippen LogP contribution in [0.4, 0.5) is 5.13 Å². The molecule has 1 N–H and O–H groups in total. The Morgan fingerprint density at radius 1 is 1.33 bits per heavy atom. The number of hydrogen-bond acceptors (Lipinski definition) is 5. The van der Waals surface area contributed by atoms with E-state index in [2.05, 4.69) is 46.4 Å². The second-order valence-corrected chi connectivity index (χ2v) is 7.07. The summed E-state index contributed by atoms with van der Waals surface area (Å²) >= 11 is 1.47. The van der Waals surface area contributed by atoms with Crippen molar-refractivity contribution in [2.75, 3.05) is 32.0 Å². The molecule has 0 aliphatic carbocycles. The summed E-state index contributed by atoms with van der Waals surface area (Å²) in [4.78, 5) is 21.5. The molecule has 0 bridgehead atoms. The first-order valence-corrected chi connectivity index (χ1v) is 9.26. The lowest BCUT2D eigenvalue weighted by Gasteiger charge is -2.28. The van der Waals surface area contributed by atoms with Crippen molar-refractivity contribution in [3.8, 4) is 0 Å². The molecule has 1 atom stereocenters. The van der Waals surface area contributed by atoms with Gasteiger partial charge in [-0.1, -0.05) is 30.3 Å². The number of amides is 1. The van der Waals surface area contributed by atoms with Crippen LogP contribution in [0.2, 0.25) is 0 Å². The van der Waals surface area contributed by atoms with Gasteiger partial charge in [0.25, 0.3) is 5.91 Å². The molecular formula is C18H24N4OS. The Morgan fingerprint density at radius 3 is 2.83 bits per heavy atom. The third-order valence-corrected chi connectivity index (χ3v) is 5.23. The van der Waals surface area contributed by atoms with Crippen molar-refractivity contribution in [2.24, 2.45) is 0 Å². The van der Waals surface area contributed by atoms with E-state index in [0.29, 0.717) is 5.69 Å². The third-order valence-electron chi connectivity index (χ3n) is 4.37. The Kier molecular flexibility index (Phi) is 5.48. The number of thiazole rings is 1. The molecule has 5 nitrogen and oxygen atoms in total. The lowest BCUT2D eigenvalue weighted by Crippen LogP contribution is -2.42. The molecule has 1 amide bonds. The molecule has 24 heavy (non-hydrogen) atoms. The lowest BCUT2D eigenvalue weighted by molar-refractivity contribution is 0.0686. The molecule has 2 aromatic rings. The first-order valence-electron chi connectivity index (χ1n) is 8.38. The average molecular weight is 344 g/mol. The van der Waals surface area contributed by atoms with E-state index in [4.69, 9.17) is 0 Å². The highest BCUT2D eigenvalue weighted by molar-refractivity contribution is 7.13. The number of hydrogen-bond donors (Lipinski definition) is 1. The Balaban J connectivity index is 1.65. The van der Waals surface area contributed by atoms with Crippen molar-refractivity contribution in [2.45, 2.75) is 25.9 Å². The molecule has 0 spiro atoms. The summed E-state index contributed by atoms with van der Waals surface area (Å²) < 4.78 is 0. The highest BCUT2D eigenvalue weighted by Crippen LogP contribution is 2.19. The van der Waals surface area contributed by atoms with Crippen molar-refractivity contribution in [3.05, 3.63) is 47.0 Å². The van der Waals surface area contributed by atoms with Gasteiger partial charge in [0, 0.05) is 44.6 Å². The number of nitrogens with zero attached hydrogens (tertiary/aromatic N) is 3. The van der Waals surface area contributed by atoms with Gasteiger partial charge in [0.2, 0.25) is 0 Å². The molecule has 6 heteroatoms. The summed E-state index contributed by atoms with van der Waals surface area (Å²) in [5, 5.41) is 5.62. The smallest absolute Gasteiger partial charge is 0.273 e. The molecular weight excluding hydrogens is 320 g/mol. The van der Waals surface area contributed by atoms with Crippen LogP contribution in [0.5, 0.6) is 0 Å². The van der Waals surface area contributed by atoms with Gasteiger partial charge in [-0.3, -0.25) is 9.69 Å². The number of carbonyl (C=O) groups is 1. The first kappa shape index (κ1) is 16.9. The summed E-state index contributed by atoms with van der Waals surface area (Å²) in [6.45, 7) is 5.77. The number of carbonyl (C=O) groups excluding carboxylic acids is 1. The summed E-state index contributed by atoms with van der Waals surface area (Å²) in [6, 6.07) is 10.7. The molecule has 1 unspecified atom stereocenters. The Bertz CT molecular complexity index is 673. The summed E-state index contributed by atoms with van der Waals surface area (Å²) in [7, 11) is 1.82. The van der Waals surface area contributed by atoms with Crippen LogP contribution >= 0.6 is 11.3 Å². The van der Waals surface area contributed by atoms with Gasteiger partial charge in [-0.2, -0.15) is 0 Å². The number of anilines is 1. The van der Waals surface area contributed by atoms with Crippen LogP contribution in [0.3, 0.4) is 0 Å². The van der Waals surface area contributed by atoms with Gasteiger partial charge in [-0.15, -0.1) is 11.3 Å². The fourth-order valence-corrected chi connectivity index (χ4v) is 3.82. The molecule has 1 aliphatic rings. The van der Waals surface area contributed by atoms with Crippen molar-refractivity contribution < 1.29 is 4.79 Å². The highest BCUT2D eigenvalue weighted by Gasteiger charge is 2.27. The van der Waals surface area contributed by atoms with Gasteiger partial charge < -0.3 is 10.2 Å². The fourth-order valence-electron chi connectivity index (χ4n) is 3.17. The van der Waals surface area contributed by atoms with Gasteiger partial charge in [0.1, 0.15) is 5.69 Å². The molecule has 3 rings (SSSR count). The topological polar surface area (TPSA) is 48.5 Å². The molecule has 1 aromatic heterocycles. The van der Waals surface area contributed by atoms with Crippen LogP contribution in [0.15, 0.2) is 35.7 Å². The van der Waals surface area contributed by atoms with Crippen molar-refractivity contribution in [3.63, 3.8) is 0 Å². The quantitative estimate of drug-likeness (QED) is 0.926. The molecule has 1 aliphatic heterocycles. The number of rotatable bonds is 4. The van der Waals surface area contributed by atoms with E-state index < -0.39 is 0 Å². The third kappa shape index (κ3) is 3.94. The SMILES string of the molecule is CNc1nc(C(=O)N2CCCN(Cc3ccccc3)CC2C)cs1. The molecule has 1 saturated heterocycles. The van der Waals surface area contributed by atoms with E-state index in [1.54, 1.807) is 0 Å². The minimum Gasteiger partial charge on any atom is -0.365 e. The van der Waals surface area contributed by atoms with Crippen LogP contribution < -0.4 is 5.32 Å². The predicted molar refractivity (Wildman–Crippen MR) is 98.5 cm³/mol. The monoisotopic (exact) mass is 344 g/mol. The van der Waals surface area contributed by atoms with E-state index in [1.807, 2.05) is 23.4 Å². The van der Waals surface area contributed by atoms with Crippen LogP contribution in [-0.4, -0.2) is 53.4 Å². The average Bonchev–Trinajstić information content (AvgIpc) is 3.00. The van der Waals surface area contributed by atoms with Crippen LogP contribution in [0.25, 0.3) is 0 Å². The van der Waals surface area contributed by atoms with E-state index in [9.17, 15) is 4.79 Å². The first-order chi connectivity index (χ1) is 11.7. The van der Waals surface area contributed by atoms with Crippen LogP contribution in [-0.2, 0) is 6.54 Å². The van der Waals surface area contributed by atoms with Crippen molar-refractivity contribution in [1.82, 2.24) is 14.8 Å². The van der Waals surface area contributed by atoms with E-state index in [-0.39, 0.29) is 11.9 Å². The Morgan fingerprint density at radius 2 is 2.12 bits per heavy atom. The molecule has 1 aromatic carbocycles. The van der Waals surface area contributed by atoms with E-state index in [0.717, 1.165) is 37.7 Å². The zero-order valence-electron chi connectivity index (χ0n) is 14.2. The second kappa shape index (κ2) is 7.77. The molecule has 0 saturated carbocycles. The van der Waals surface area contributed by atoms with Crippen LogP contribution in [0, 0.1) is 0 Å². The standard InChI is InChI=1S/C18H24N4OS/c1-14-11-21(12-15-7-4-3-5-8-15)9-6-10-22(14)17(23)16-13-24-18(19-2)20-16/h3-5,7-8,13-14H,6,9-12H2,1-2H3,(H,19,20). The second-order valence-electron chi connectivity index (χ2n) is 6.21.